The molecule has 284 valence electrons. The first-order valence-electron chi connectivity index (χ1n) is 17.2. The monoisotopic (exact) mass is 743 g/mol. The summed E-state index contributed by atoms with van der Waals surface area (Å²) in [7, 11) is -2.92. The number of ether oxygens (including phenoxy) is 3. The lowest BCUT2D eigenvalue weighted by atomic mass is 9.85. The molecule has 5 rings (SSSR count). The van der Waals surface area contributed by atoms with Gasteiger partial charge in [0.2, 0.25) is 17.7 Å². The van der Waals surface area contributed by atoms with Crippen LogP contribution in [0, 0.1) is 11.3 Å². The van der Waals surface area contributed by atoms with Crippen molar-refractivity contribution in [2.24, 2.45) is 11.3 Å². The van der Waals surface area contributed by atoms with Gasteiger partial charge >= 0.3 is 16.4 Å². The minimum absolute atomic E-state index is 0.00862. The van der Waals surface area contributed by atoms with E-state index in [0.29, 0.717) is 24.0 Å². The number of hydrogen-bond donors (Lipinski definition) is 3. The normalized spacial score (nSPS) is 24.3. The molecule has 52 heavy (non-hydrogen) atoms. The van der Waals surface area contributed by atoms with Crippen molar-refractivity contribution in [1.82, 2.24) is 25.2 Å². The highest BCUT2D eigenvalue weighted by molar-refractivity contribution is 7.85. The molecule has 2 saturated carbocycles. The van der Waals surface area contributed by atoms with Gasteiger partial charge < -0.3 is 29.7 Å². The standard InChI is InChI=1S/C36H49N5O10S/c1-10-22-19-36(22,31(44)40-52(46,47)51-35(8)14-15-35)39-28(42)26-18-24(49-29-25-12-11-23(48-9)17-21(25)13-16-37-29)20-41(26)30(43)27(33(2,3)4)38-32(45)50-34(5,6)7/h10-13,16-17,22,24,26-27H,1,14-15,18-20H2,2-9H3,(H,38,45)(H,39,42)(H,40,44)/t22?,24-,26+,27-,36-/m1/s1. The number of carbonyl (C=O) groups excluding carboxylic acids is 4. The second-order valence-corrected chi connectivity index (χ2v) is 17.3. The average molecular weight is 744 g/mol. The number of benzene rings is 1. The van der Waals surface area contributed by atoms with Crippen LogP contribution in [0.15, 0.2) is 43.1 Å². The molecule has 3 fully saturated rings. The highest BCUT2D eigenvalue weighted by atomic mass is 32.2. The molecule has 0 radical (unpaired) electrons. The van der Waals surface area contributed by atoms with Gasteiger partial charge in [-0.15, -0.1) is 6.58 Å². The minimum atomic E-state index is -4.48. The fourth-order valence-corrected chi connectivity index (χ4v) is 7.36. The molecule has 1 unspecified atom stereocenters. The number of nitrogens with zero attached hydrogens (tertiary/aromatic N) is 2. The van der Waals surface area contributed by atoms with E-state index in [1.54, 1.807) is 80.0 Å². The first-order valence-corrected chi connectivity index (χ1v) is 18.6. The van der Waals surface area contributed by atoms with Crippen LogP contribution in [0.2, 0.25) is 0 Å². The van der Waals surface area contributed by atoms with Gasteiger partial charge in [-0.3, -0.25) is 14.4 Å². The van der Waals surface area contributed by atoms with Crippen molar-refractivity contribution in [3.05, 3.63) is 43.1 Å². The Labute approximate surface area is 304 Å². The smallest absolute Gasteiger partial charge is 0.408 e. The first-order chi connectivity index (χ1) is 24.1. The largest absolute Gasteiger partial charge is 0.497 e. The molecule has 1 aromatic carbocycles. The topological polar surface area (TPSA) is 192 Å². The lowest BCUT2D eigenvalue weighted by Gasteiger charge is -2.36. The number of fused-ring (bicyclic) bond motifs is 1. The maximum absolute atomic E-state index is 14.5. The molecule has 1 aromatic heterocycles. The second-order valence-electron chi connectivity index (χ2n) is 16.1. The summed E-state index contributed by atoms with van der Waals surface area (Å²) < 4.78 is 49.7. The van der Waals surface area contributed by atoms with Crippen LogP contribution >= 0.6 is 0 Å². The third-order valence-corrected chi connectivity index (χ3v) is 10.4. The number of pyridine rings is 1. The van der Waals surface area contributed by atoms with E-state index in [1.807, 2.05) is 10.8 Å². The molecule has 4 amide bonds. The summed E-state index contributed by atoms with van der Waals surface area (Å²) in [6.07, 6.45) is 2.60. The number of hydrogen-bond acceptors (Lipinski definition) is 11. The van der Waals surface area contributed by atoms with E-state index in [-0.39, 0.29) is 25.3 Å². The van der Waals surface area contributed by atoms with Crippen LogP contribution in [0.4, 0.5) is 4.79 Å². The number of methoxy groups -OCH3 is 1. The van der Waals surface area contributed by atoms with Gasteiger partial charge in [0.1, 0.15) is 35.1 Å². The van der Waals surface area contributed by atoms with Crippen LogP contribution in [0.1, 0.15) is 74.1 Å². The van der Waals surface area contributed by atoms with Crippen LogP contribution in [0.3, 0.4) is 0 Å². The van der Waals surface area contributed by atoms with E-state index >= 15 is 0 Å². The lowest BCUT2D eigenvalue weighted by molar-refractivity contribution is -0.143. The predicted molar refractivity (Wildman–Crippen MR) is 190 cm³/mol. The minimum Gasteiger partial charge on any atom is -0.497 e. The Balaban J connectivity index is 1.43. The second kappa shape index (κ2) is 13.8. The Bertz CT molecular complexity index is 1870. The molecule has 0 bridgehead atoms. The van der Waals surface area contributed by atoms with Crippen LogP contribution < -0.4 is 24.8 Å². The number of amides is 4. The average Bonchev–Trinajstić information content (AvgIpc) is 3.90. The number of likely N-dealkylation sites (tertiary alicyclic amines) is 1. The lowest BCUT2D eigenvalue weighted by Crippen LogP contribution is -2.60. The third-order valence-electron chi connectivity index (χ3n) is 9.37. The Morgan fingerprint density at radius 1 is 1.10 bits per heavy atom. The number of rotatable bonds is 12. The molecule has 2 aromatic rings. The van der Waals surface area contributed by atoms with Crippen molar-refractivity contribution < 1.29 is 46.0 Å². The zero-order chi connectivity index (χ0) is 38.4. The Morgan fingerprint density at radius 2 is 1.79 bits per heavy atom. The SMILES string of the molecule is C=CC1C[C@]1(NC(=O)[C@@H]1C[C@@H](Oc2nccc3cc(OC)ccc23)CN1C(=O)[C@@H](NC(=O)OC(C)(C)C)C(C)(C)C)C(=O)NS(=O)(=O)OC1(C)CC1. The van der Waals surface area contributed by atoms with Gasteiger partial charge in [-0.2, -0.15) is 8.42 Å². The van der Waals surface area contributed by atoms with Crippen LogP contribution in [-0.2, 0) is 33.6 Å². The zero-order valence-electron chi connectivity index (χ0n) is 30.9. The summed E-state index contributed by atoms with van der Waals surface area (Å²) in [5, 5.41) is 6.90. The van der Waals surface area contributed by atoms with Crippen molar-refractivity contribution >= 4 is 44.9 Å². The molecule has 2 aliphatic carbocycles. The van der Waals surface area contributed by atoms with Gasteiger partial charge in [0.15, 0.2) is 0 Å². The highest BCUT2D eigenvalue weighted by Gasteiger charge is 2.62. The Morgan fingerprint density at radius 3 is 2.37 bits per heavy atom. The maximum atomic E-state index is 14.5. The summed E-state index contributed by atoms with van der Waals surface area (Å²) in [5.41, 5.74) is -4.20. The fourth-order valence-electron chi connectivity index (χ4n) is 6.21. The Kier molecular flexibility index (Phi) is 10.3. The van der Waals surface area contributed by atoms with E-state index in [0.717, 1.165) is 5.39 Å². The van der Waals surface area contributed by atoms with E-state index in [9.17, 15) is 27.6 Å². The van der Waals surface area contributed by atoms with E-state index in [4.69, 9.17) is 18.4 Å². The summed E-state index contributed by atoms with van der Waals surface area (Å²) in [6.45, 7) is 15.7. The van der Waals surface area contributed by atoms with Gasteiger partial charge in [0.05, 0.1) is 19.3 Å². The molecule has 16 heteroatoms. The molecular formula is C36H49N5O10S. The van der Waals surface area contributed by atoms with E-state index in [2.05, 4.69) is 22.2 Å². The third kappa shape index (κ3) is 8.77. The van der Waals surface area contributed by atoms with Crippen molar-refractivity contribution in [1.29, 1.82) is 0 Å². The van der Waals surface area contributed by atoms with Crippen molar-refractivity contribution in [2.45, 2.75) is 109 Å². The molecule has 15 nitrogen and oxygen atoms in total. The highest BCUT2D eigenvalue weighted by Crippen LogP contribution is 2.46. The number of alkyl carbamates (subject to hydrolysis) is 1. The van der Waals surface area contributed by atoms with Crippen LogP contribution in [0.25, 0.3) is 10.8 Å². The van der Waals surface area contributed by atoms with Gasteiger partial charge in [0.25, 0.3) is 5.91 Å². The maximum Gasteiger partial charge on any atom is 0.408 e. The van der Waals surface area contributed by atoms with Gasteiger partial charge in [-0.05, 0) is 82.0 Å². The summed E-state index contributed by atoms with van der Waals surface area (Å²) in [6, 6.07) is 4.86. The van der Waals surface area contributed by atoms with Crippen molar-refractivity contribution in [3.63, 3.8) is 0 Å². The summed E-state index contributed by atoms with van der Waals surface area (Å²) in [4.78, 5) is 60.9. The van der Waals surface area contributed by atoms with Crippen LogP contribution in [-0.4, -0.2) is 90.7 Å². The molecule has 5 atom stereocenters. The van der Waals surface area contributed by atoms with E-state index in [1.165, 1.54) is 11.0 Å². The molecule has 3 N–H and O–H groups in total. The summed E-state index contributed by atoms with van der Waals surface area (Å²) >= 11 is 0. The zero-order valence-corrected chi connectivity index (χ0v) is 31.7. The van der Waals surface area contributed by atoms with Gasteiger partial charge in [-0.1, -0.05) is 26.8 Å². The van der Waals surface area contributed by atoms with Gasteiger partial charge in [-0.25, -0.2) is 18.7 Å². The first kappa shape index (κ1) is 38.8. The van der Waals surface area contributed by atoms with Crippen molar-refractivity contribution in [2.75, 3.05) is 13.7 Å². The molecular weight excluding hydrogens is 694 g/mol. The number of nitrogens with one attached hydrogen (secondary N) is 3. The predicted octanol–water partition coefficient (Wildman–Crippen LogP) is 3.52. The molecule has 3 aliphatic rings. The van der Waals surface area contributed by atoms with Crippen molar-refractivity contribution in [3.8, 4) is 11.6 Å². The molecule has 1 saturated heterocycles. The molecule has 0 spiro atoms. The van der Waals surface area contributed by atoms with E-state index < -0.39 is 80.4 Å². The summed E-state index contributed by atoms with van der Waals surface area (Å²) in [5.74, 6) is -1.95. The number of carbonyl (C=O) groups is 4. The quantitative estimate of drug-likeness (QED) is 0.270. The van der Waals surface area contributed by atoms with Crippen LogP contribution in [0.5, 0.6) is 11.6 Å². The molecule has 1 aliphatic heterocycles. The number of aromatic nitrogens is 1. The Hall–Kier alpha value is -4.44. The van der Waals surface area contributed by atoms with Gasteiger partial charge in [0, 0.05) is 23.9 Å². The fraction of sp³-hybridized carbons (Fsp3) is 0.583. The molecule has 2 heterocycles.